The van der Waals surface area contributed by atoms with Gasteiger partial charge in [0.1, 0.15) is 0 Å². The Bertz CT molecular complexity index is 343. The van der Waals surface area contributed by atoms with Crippen molar-refractivity contribution >= 4 is 11.6 Å². The van der Waals surface area contributed by atoms with Crippen molar-refractivity contribution in [2.24, 2.45) is 0 Å². The summed E-state index contributed by atoms with van der Waals surface area (Å²) in [6, 6.07) is 7.83. The molecule has 0 bridgehead atoms. The van der Waals surface area contributed by atoms with E-state index in [2.05, 4.69) is 17.2 Å². The van der Waals surface area contributed by atoms with Gasteiger partial charge in [-0.1, -0.05) is 18.2 Å². The molecule has 86 valence electrons. The molecular weight excluding hydrogens is 200 g/mol. The third-order valence-corrected chi connectivity index (χ3v) is 2.13. The standard InChI is InChI=1S/C13H18N2O/c1-3-4-9-14-10-12-5-7-13(8-6-12)15-11(2)16/h3,5-8,14H,1,4,9-10H2,2H3,(H,15,16). The smallest absolute Gasteiger partial charge is 0.221 e. The van der Waals surface area contributed by atoms with E-state index in [-0.39, 0.29) is 5.91 Å². The first-order valence-electron chi connectivity index (χ1n) is 5.40. The van der Waals surface area contributed by atoms with Crippen LogP contribution in [0.5, 0.6) is 0 Å². The summed E-state index contributed by atoms with van der Waals surface area (Å²) in [4.78, 5) is 10.8. The highest BCUT2D eigenvalue weighted by Crippen LogP contribution is 2.09. The van der Waals surface area contributed by atoms with Crippen LogP contribution in [0.4, 0.5) is 5.69 Å². The van der Waals surface area contributed by atoms with Gasteiger partial charge in [0.2, 0.25) is 5.91 Å². The van der Waals surface area contributed by atoms with Crippen LogP contribution in [-0.4, -0.2) is 12.5 Å². The predicted molar refractivity (Wildman–Crippen MR) is 67.3 cm³/mol. The first-order chi connectivity index (χ1) is 7.72. The van der Waals surface area contributed by atoms with E-state index in [0.717, 1.165) is 25.2 Å². The van der Waals surface area contributed by atoms with Gasteiger partial charge in [-0.15, -0.1) is 6.58 Å². The zero-order valence-corrected chi connectivity index (χ0v) is 9.62. The molecule has 0 saturated carbocycles. The summed E-state index contributed by atoms with van der Waals surface area (Å²) in [6.45, 7) is 6.95. The number of carbonyl (C=O) groups is 1. The topological polar surface area (TPSA) is 41.1 Å². The van der Waals surface area contributed by atoms with Crippen LogP contribution in [0.1, 0.15) is 18.9 Å². The maximum Gasteiger partial charge on any atom is 0.221 e. The molecule has 0 radical (unpaired) electrons. The summed E-state index contributed by atoms with van der Waals surface area (Å²) in [5, 5.41) is 6.04. The van der Waals surface area contributed by atoms with Gasteiger partial charge in [-0.25, -0.2) is 0 Å². The van der Waals surface area contributed by atoms with Crippen LogP contribution in [0.15, 0.2) is 36.9 Å². The van der Waals surface area contributed by atoms with Gasteiger partial charge in [-0.3, -0.25) is 4.79 Å². The van der Waals surface area contributed by atoms with Crippen molar-refractivity contribution in [2.75, 3.05) is 11.9 Å². The number of benzene rings is 1. The fourth-order valence-corrected chi connectivity index (χ4v) is 1.35. The Morgan fingerprint density at radius 3 is 2.62 bits per heavy atom. The van der Waals surface area contributed by atoms with Gasteiger partial charge in [-0.2, -0.15) is 0 Å². The lowest BCUT2D eigenvalue weighted by Gasteiger charge is -2.05. The molecule has 1 rings (SSSR count). The Balaban J connectivity index is 2.38. The predicted octanol–water partition coefficient (Wildman–Crippen LogP) is 2.31. The minimum atomic E-state index is -0.0446. The number of nitrogens with one attached hydrogen (secondary N) is 2. The van der Waals surface area contributed by atoms with Crippen molar-refractivity contribution < 1.29 is 4.79 Å². The monoisotopic (exact) mass is 218 g/mol. The fourth-order valence-electron chi connectivity index (χ4n) is 1.35. The molecule has 3 heteroatoms. The number of hydrogen-bond donors (Lipinski definition) is 2. The SMILES string of the molecule is C=CCCNCc1ccc(NC(C)=O)cc1. The lowest BCUT2D eigenvalue weighted by atomic mass is 10.2. The maximum atomic E-state index is 10.8. The normalized spacial score (nSPS) is 9.81. The first kappa shape index (κ1) is 12.5. The van der Waals surface area contributed by atoms with Gasteiger partial charge >= 0.3 is 0 Å². The van der Waals surface area contributed by atoms with Crippen molar-refractivity contribution in [1.82, 2.24) is 5.32 Å². The molecule has 16 heavy (non-hydrogen) atoms. The van der Waals surface area contributed by atoms with E-state index < -0.39 is 0 Å². The van der Waals surface area contributed by atoms with Gasteiger partial charge < -0.3 is 10.6 Å². The molecule has 0 aliphatic rings. The van der Waals surface area contributed by atoms with Gasteiger partial charge in [0.25, 0.3) is 0 Å². The molecule has 0 fully saturated rings. The second kappa shape index (κ2) is 6.80. The summed E-state index contributed by atoms with van der Waals surface area (Å²) in [5.74, 6) is -0.0446. The molecule has 3 nitrogen and oxygen atoms in total. The quantitative estimate of drug-likeness (QED) is 0.568. The highest BCUT2D eigenvalue weighted by atomic mass is 16.1. The third kappa shape index (κ3) is 4.75. The molecule has 1 amide bonds. The lowest BCUT2D eigenvalue weighted by molar-refractivity contribution is -0.114. The highest BCUT2D eigenvalue weighted by molar-refractivity contribution is 5.88. The molecule has 1 aromatic rings. The second-order valence-electron chi connectivity index (χ2n) is 3.63. The highest BCUT2D eigenvalue weighted by Gasteiger charge is 1.95. The van der Waals surface area contributed by atoms with Crippen LogP contribution in [0.2, 0.25) is 0 Å². The molecule has 0 spiro atoms. The Morgan fingerprint density at radius 1 is 1.38 bits per heavy atom. The molecule has 1 aromatic carbocycles. The van der Waals surface area contributed by atoms with Crippen molar-refractivity contribution in [2.45, 2.75) is 19.9 Å². The molecule has 0 aliphatic carbocycles. The minimum Gasteiger partial charge on any atom is -0.326 e. The number of carbonyl (C=O) groups excluding carboxylic acids is 1. The van der Waals surface area contributed by atoms with E-state index in [1.54, 1.807) is 0 Å². The average Bonchev–Trinajstić information content (AvgIpc) is 2.26. The van der Waals surface area contributed by atoms with Gasteiger partial charge in [0.15, 0.2) is 0 Å². The molecule has 0 saturated heterocycles. The van der Waals surface area contributed by atoms with E-state index >= 15 is 0 Å². The summed E-state index contributed by atoms with van der Waals surface area (Å²) < 4.78 is 0. The Labute approximate surface area is 96.6 Å². The summed E-state index contributed by atoms with van der Waals surface area (Å²) >= 11 is 0. The Morgan fingerprint density at radius 2 is 2.06 bits per heavy atom. The van der Waals surface area contributed by atoms with Gasteiger partial charge in [-0.05, 0) is 30.7 Å². The van der Waals surface area contributed by atoms with Crippen LogP contribution < -0.4 is 10.6 Å². The second-order valence-corrected chi connectivity index (χ2v) is 3.63. The maximum absolute atomic E-state index is 10.8. The van der Waals surface area contributed by atoms with Crippen LogP contribution in [-0.2, 0) is 11.3 Å². The van der Waals surface area contributed by atoms with Crippen LogP contribution in [0, 0.1) is 0 Å². The molecular formula is C13H18N2O. The molecule has 0 aromatic heterocycles. The van der Waals surface area contributed by atoms with Crippen molar-refractivity contribution in [1.29, 1.82) is 0 Å². The fraction of sp³-hybridized carbons (Fsp3) is 0.308. The number of hydrogen-bond acceptors (Lipinski definition) is 2. The lowest BCUT2D eigenvalue weighted by Crippen LogP contribution is -2.14. The summed E-state index contributed by atoms with van der Waals surface area (Å²) in [6.07, 6.45) is 2.87. The van der Waals surface area contributed by atoms with E-state index in [1.165, 1.54) is 12.5 Å². The third-order valence-electron chi connectivity index (χ3n) is 2.13. The van der Waals surface area contributed by atoms with Crippen LogP contribution >= 0.6 is 0 Å². The van der Waals surface area contributed by atoms with Crippen molar-refractivity contribution in [3.63, 3.8) is 0 Å². The van der Waals surface area contributed by atoms with E-state index in [9.17, 15) is 4.79 Å². The van der Waals surface area contributed by atoms with Gasteiger partial charge in [0, 0.05) is 19.2 Å². The summed E-state index contributed by atoms with van der Waals surface area (Å²) in [7, 11) is 0. The number of amides is 1. The Kier molecular flexibility index (Phi) is 5.29. The largest absolute Gasteiger partial charge is 0.326 e. The molecule has 0 aliphatic heterocycles. The average molecular weight is 218 g/mol. The van der Waals surface area contributed by atoms with E-state index in [4.69, 9.17) is 0 Å². The zero-order valence-electron chi connectivity index (χ0n) is 9.62. The van der Waals surface area contributed by atoms with Crippen LogP contribution in [0.3, 0.4) is 0 Å². The zero-order chi connectivity index (χ0) is 11.8. The minimum absolute atomic E-state index is 0.0446. The summed E-state index contributed by atoms with van der Waals surface area (Å²) in [5.41, 5.74) is 2.04. The Hall–Kier alpha value is -1.61. The van der Waals surface area contributed by atoms with E-state index in [1.807, 2.05) is 30.3 Å². The molecule has 0 unspecified atom stereocenters. The van der Waals surface area contributed by atoms with Crippen LogP contribution in [0.25, 0.3) is 0 Å². The molecule has 2 N–H and O–H groups in total. The molecule has 0 atom stereocenters. The van der Waals surface area contributed by atoms with Crippen molar-refractivity contribution in [3.05, 3.63) is 42.5 Å². The number of anilines is 1. The molecule has 0 heterocycles. The number of rotatable bonds is 6. The van der Waals surface area contributed by atoms with Crippen molar-refractivity contribution in [3.8, 4) is 0 Å². The first-order valence-corrected chi connectivity index (χ1v) is 5.40. The van der Waals surface area contributed by atoms with Gasteiger partial charge in [0.05, 0.1) is 0 Å². The van der Waals surface area contributed by atoms with E-state index in [0.29, 0.717) is 0 Å².